The van der Waals surface area contributed by atoms with Gasteiger partial charge in [0, 0.05) is 39.1 Å². The summed E-state index contributed by atoms with van der Waals surface area (Å²) < 4.78 is 16.7. The number of para-hydroxylation sites is 1. The van der Waals surface area contributed by atoms with Crippen molar-refractivity contribution in [2.24, 2.45) is 0 Å². The van der Waals surface area contributed by atoms with E-state index in [2.05, 4.69) is 10.3 Å². The third-order valence-electron chi connectivity index (χ3n) is 6.66. The molecule has 1 aliphatic carbocycles. The van der Waals surface area contributed by atoms with Crippen molar-refractivity contribution in [1.29, 1.82) is 0 Å². The Kier molecular flexibility index (Phi) is 5.57. The molecule has 8 nitrogen and oxygen atoms in total. The van der Waals surface area contributed by atoms with E-state index in [0.717, 1.165) is 27.4 Å². The summed E-state index contributed by atoms with van der Waals surface area (Å²) in [5, 5.41) is 5.26. The first-order valence-corrected chi connectivity index (χ1v) is 11.9. The largest absolute Gasteiger partial charge is 0.493 e. The fraction of sp³-hybridized carbons (Fsp3) is 0.100. The second-order valence-corrected chi connectivity index (χ2v) is 8.79. The van der Waals surface area contributed by atoms with Gasteiger partial charge >= 0.3 is 0 Å². The van der Waals surface area contributed by atoms with Crippen LogP contribution in [-0.2, 0) is 4.79 Å². The Bertz CT molecular complexity index is 1780. The smallest absolute Gasteiger partial charge is 0.233 e. The van der Waals surface area contributed by atoms with E-state index in [1.54, 1.807) is 33.5 Å². The van der Waals surface area contributed by atoms with Crippen molar-refractivity contribution in [2.75, 3.05) is 26.6 Å². The third kappa shape index (κ3) is 3.66. The zero-order valence-electron chi connectivity index (χ0n) is 20.9. The van der Waals surface area contributed by atoms with Gasteiger partial charge in [-0.15, -0.1) is 0 Å². The van der Waals surface area contributed by atoms with Crippen molar-refractivity contribution in [1.82, 2.24) is 9.97 Å². The first-order valence-electron chi connectivity index (χ1n) is 11.9. The zero-order chi connectivity index (χ0) is 26.4. The minimum absolute atomic E-state index is 0.362. The lowest BCUT2D eigenvalue weighted by molar-refractivity contribution is -0.111. The van der Waals surface area contributed by atoms with Gasteiger partial charge in [0.05, 0.1) is 38.2 Å². The summed E-state index contributed by atoms with van der Waals surface area (Å²) in [5.41, 5.74) is 4.69. The minimum atomic E-state index is -0.579. The molecule has 0 saturated heterocycles. The van der Waals surface area contributed by atoms with Gasteiger partial charge in [0.1, 0.15) is 5.82 Å². The number of aromatic nitrogens is 2. The molecule has 2 N–H and O–H groups in total. The number of methoxy groups -OCH3 is 3. The molecule has 5 aromatic rings. The molecule has 38 heavy (non-hydrogen) atoms. The number of aromatic amines is 1. The fourth-order valence-electron chi connectivity index (χ4n) is 4.90. The molecule has 0 aliphatic heterocycles. The van der Waals surface area contributed by atoms with E-state index in [0.29, 0.717) is 45.6 Å². The molecule has 0 spiro atoms. The first kappa shape index (κ1) is 23.3. The van der Waals surface area contributed by atoms with E-state index in [9.17, 15) is 9.59 Å². The maximum Gasteiger partial charge on any atom is 0.233 e. The van der Waals surface area contributed by atoms with Gasteiger partial charge in [0.25, 0.3) is 0 Å². The molecule has 188 valence electrons. The molecule has 0 amide bonds. The number of benzene rings is 3. The first-order chi connectivity index (χ1) is 18.5. The maximum absolute atomic E-state index is 12.5. The number of carbonyl (C=O) groups excluding carboxylic acids is 2. The van der Waals surface area contributed by atoms with Crippen LogP contribution in [0.25, 0.3) is 38.8 Å². The second kappa shape index (κ2) is 9.08. The Morgan fingerprint density at radius 2 is 1.47 bits per heavy atom. The van der Waals surface area contributed by atoms with E-state index in [-0.39, 0.29) is 0 Å². The number of hydrogen-bond acceptors (Lipinski definition) is 7. The number of pyridine rings is 1. The molecular formula is C30H23N3O5. The van der Waals surface area contributed by atoms with Gasteiger partial charge in [-0.05, 0) is 24.3 Å². The molecule has 3 aromatic carbocycles. The SMILES string of the molecule is COc1cc(-c2nc(NC3=CC(=O)C(=O)c4ccccc43)cc3c2[nH]c2ccccc23)cc(OC)c1OC. The van der Waals surface area contributed by atoms with Crippen molar-refractivity contribution >= 4 is 44.9 Å². The van der Waals surface area contributed by atoms with Gasteiger partial charge in [-0.25, -0.2) is 4.98 Å². The lowest BCUT2D eigenvalue weighted by Gasteiger charge is -2.18. The number of allylic oxidation sites excluding steroid dienone is 1. The Balaban J connectivity index is 1.58. The van der Waals surface area contributed by atoms with E-state index in [4.69, 9.17) is 19.2 Å². The predicted molar refractivity (Wildman–Crippen MR) is 146 cm³/mol. The number of Topliss-reactive ketones (excluding diaryl/α,β-unsaturated/α-hetero) is 1. The average Bonchev–Trinajstić information content (AvgIpc) is 3.33. The van der Waals surface area contributed by atoms with Gasteiger partial charge in [-0.1, -0.05) is 42.5 Å². The Morgan fingerprint density at radius 3 is 2.18 bits per heavy atom. The summed E-state index contributed by atoms with van der Waals surface area (Å²) in [6, 6.07) is 20.6. The lowest BCUT2D eigenvalue weighted by Crippen LogP contribution is -2.21. The molecular weight excluding hydrogens is 482 g/mol. The van der Waals surface area contributed by atoms with Crippen molar-refractivity contribution in [2.45, 2.75) is 0 Å². The molecule has 0 radical (unpaired) electrons. The minimum Gasteiger partial charge on any atom is -0.493 e. The number of nitrogens with zero attached hydrogens (tertiary/aromatic N) is 1. The summed E-state index contributed by atoms with van der Waals surface area (Å²) in [6.45, 7) is 0. The summed E-state index contributed by atoms with van der Waals surface area (Å²) in [7, 11) is 4.69. The average molecular weight is 506 g/mol. The van der Waals surface area contributed by atoms with Crippen LogP contribution in [0.3, 0.4) is 0 Å². The van der Waals surface area contributed by atoms with Crippen LogP contribution in [-0.4, -0.2) is 42.9 Å². The van der Waals surface area contributed by atoms with E-state index >= 15 is 0 Å². The number of carbonyl (C=O) groups is 2. The predicted octanol–water partition coefficient (Wildman–Crippen LogP) is 5.63. The summed E-state index contributed by atoms with van der Waals surface area (Å²) in [4.78, 5) is 33.3. The third-order valence-corrected chi connectivity index (χ3v) is 6.66. The number of ketones is 2. The van der Waals surface area contributed by atoms with Crippen molar-refractivity contribution in [3.05, 3.63) is 83.9 Å². The van der Waals surface area contributed by atoms with E-state index < -0.39 is 11.6 Å². The topological polar surface area (TPSA) is 103 Å². The van der Waals surface area contributed by atoms with Crippen LogP contribution in [0.2, 0.25) is 0 Å². The number of fused-ring (bicyclic) bond motifs is 4. The molecule has 0 atom stereocenters. The fourth-order valence-corrected chi connectivity index (χ4v) is 4.90. The number of hydrogen-bond donors (Lipinski definition) is 2. The van der Waals surface area contributed by atoms with Gasteiger partial charge in [0.15, 0.2) is 11.5 Å². The van der Waals surface area contributed by atoms with Crippen molar-refractivity contribution in [3.8, 4) is 28.5 Å². The highest BCUT2D eigenvalue weighted by molar-refractivity contribution is 6.50. The molecule has 0 fully saturated rings. The molecule has 6 rings (SSSR count). The normalized spacial score (nSPS) is 12.9. The number of nitrogens with one attached hydrogen (secondary N) is 2. The molecule has 8 heteroatoms. The van der Waals surface area contributed by atoms with Gasteiger partial charge in [-0.3, -0.25) is 9.59 Å². The van der Waals surface area contributed by atoms with Crippen LogP contribution in [0.5, 0.6) is 17.2 Å². The number of H-pyrrole nitrogens is 1. The van der Waals surface area contributed by atoms with Crippen LogP contribution in [0, 0.1) is 0 Å². The number of rotatable bonds is 6. The summed E-state index contributed by atoms with van der Waals surface area (Å²) in [6.07, 6.45) is 1.32. The van der Waals surface area contributed by atoms with Crippen LogP contribution in [0.15, 0.2) is 72.8 Å². The van der Waals surface area contributed by atoms with E-state index in [1.165, 1.54) is 6.08 Å². The standard InChI is InChI=1S/C30H23N3O5/c1-36-24-12-16(13-25(37-2)30(24)38-3)27-28-20(18-9-6-7-11-21(18)32-28)14-26(33-27)31-22-15-23(34)29(35)19-10-5-4-8-17(19)22/h4-15,32H,1-3H3,(H,31,33). The quantitative estimate of drug-likeness (QED) is 0.289. The van der Waals surface area contributed by atoms with Crippen LogP contribution < -0.4 is 19.5 Å². The van der Waals surface area contributed by atoms with Crippen molar-refractivity contribution < 1.29 is 23.8 Å². The molecule has 1 aliphatic rings. The zero-order valence-corrected chi connectivity index (χ0v) is 20.9. The monoisotopic (exact) mass is 505 g/mol. The highest BCUT2D eigenvalue weighted by Crippen LogP contribution is 2.43. The van der Waals surface area contributed by atoms with Gasteiger partial charge < -0.3 is 24.5 Å². The Hall–Kier alpha value is -5.11. The second-order valence-electron chi connectivity index (χ2n) is 8.79. The number of ether oxygens (including phenoxy) is 3. The Morgan fingerprint density at radius 1 is 0.789 bits per heavy atom. The van der Waals surface area contributed by atoms with Crippen LogP contribution in [0.4, 0.5) is 5.82 Å². The highest BCUT2D eigenvalue weighted by Gasteiger charge is 2.26. The molecule has 2 heterocycles. The molecule has 0 bridgehead atoms. The molecule has 0 unspecified atom stereocenters. The summed E-state index contributed by atoms with van der Waals surface area (Å²) >= 11 is 0. The van der Waals surface area contributed by atoms with Gasteiger partial charge in [-0.2, -0.15) is 0 Å². The molecule has 0 saturated carbocycles. The maximum atomic E-state index is 12.5. The van der Waals surface area contributed by atoms with Gasteiger partial charge in [0.2, 0.25) is 17.3 Å². The van der Waals surface area contributed by atoms with Crippen molar-refractivity contribution in [3.63, 3.8) is 0 Å². The highest BCUT2D eigenvalue weighted by atomic mass is 16.5. The van der Waals surface area contributed by atoms with Crippen LogP contribution in [0.1, 0.15) is 15.9 Å². The van der Waals surface area contributed by atoms with E-state index in [1.807, 2.05) is 54.6 Å². The Labute approximate surface area is 217 Å². The molecule has 2 aromatic heterocycles. The number of anilines is 1. The summed E-state index contributed by atoms with van der Waals surface area (Å²) in [5.74, 6) is 0.884. The lowest BCUT2D eigenvalue weighted by atomic mass is 9.93. The van der Waals surface area contributed by atoms with Crippen LogP contribution >= 0.6 is 0 Å².